The summed E-state index contributed by atoms with van der Waals surface area (Å²) in [5.41, 5.74) is 1.52. The molecular formula is C15H16BrFO. The molecule has 1 aromatic carbocycles. The van der Waals surface area contributed by atoms with Gasteiger partial charge in [-0.25, -0.2) is 4.39 Å². The first-order chi connectivity index (χ1) is 8.58. The lowest BCUT2D eigenvalue weighted by atomic mass is 10.0. The summed E-state index contributed by atoms with van der Waals surface area (Å²) < 4.78 is 14.0. The zero-order chi connectivity index (χ0) is 13.5. The molecule has 0 aliphatic rings. The van der Waals surface area contributed by atoms with Gasteiger partial charge in [-0.05, 0) is 38.0 Å². The first-order valence-corrected chi connectivity index (χ1v) is 6.64. The lowest BCUT2D eigenvalue weighted by molar-refractivity contribution is 0.0982. The third-order valence-electron chi connectivity index (χ3n) is 2.68. The molecule has 1 aromatic rings. The van der Waals surface area contributed by atoms with Crippen molar-refractivity contribution in [2.24, 2.45) is 0 Å². The van der Waals surface area contributed by atoms with E-state index in [0.29, 0.717) is 18.4 Å². The van der Waals surface area contributed by atoms with Crippen LogP contribution in [0.5, 0.6) is 0 Å². The van der Waals surface area contributed by atoms with Crippen LogP contribution in [-0.4, -0.2) is 5.78 Å². The highest BCUT2D eigenvalue weighted by Gasteiger charge is 2.09. The molecule has 0 aliphatic carbocycles. The molecule has 0 amide bonds. The van der Waals surface area contributed by atoms with Crippen molar-refractivity contribution < 1.29 is 9.18 Å². The number of carbonyl (C=O) groups excluding carboxylic acids is 1. The van der Waals surface area contributed by atoms with Crippen LogP contribution in [-0.2, 0) is 0 Å². The van der Waals surface area contributed by atoms with Crippen LogP contribution in [0.2, 0.25) is 0 Å². The van der Waals surface area contributed by atoms with Gasteiger partial charge in [0.1, 0.15) is 5.82 Å². The number of hydrogen-bond acceptors (Lipinski definition) is 1. The summed E-state index contributed by atoms with van der Waals surface area (Å²) >= 11 is 3.44. The zero-order valence-electron chi connectivity index (χ0n) is 10.5. The predicted octanol–water partition coefficient (Wildman–Crippen LogP) is 5.03. The van der Waals surface area contributed by atoms with E-state index in [-0.39, 0.29) is 11.6 Å². The van der Waals surface area contributed by atoms with E-state index in [9.17, 15) is 9.18 Å². The maximum atomic E-state index is 13.0. The normalized spacial score (nSPS) is 12.7. The molecule has 0 saturated heterocycles. The molecule has 0 saturated carbocycles. The van der Waals surface area contributed by atoms with Gasteiger partial charge >= 0.3 is 0 Å². The predicted molar refractivity (Wildman–Crippen MR) is 76.4 cm³/mol. The molecule has 0 spiro atoms. The minimum absolute atomic E-state index is 0.0368. The first-order valence-electron chi connectivity index (χ1n) is 5.84. The van der Waals surface area contributed by atoms with Gasteiger partial charge in [0.2, 0.25) is 0 Å². The van der Waals surface area contributed by atoms with Crippen LogP contribution < -0.4 is 0 Å². The van der Waals surface area contributed by atoms with Crippen molar-refractivity contribution in [2.45, 2.75) is 26.7 Å². The molecular weight excluding hydrogens is 295 g/mol. The number of carbonyl (C=O) groups is 1. The van der Waals surface area contributed by atoms with E-state index in [0.717, 1.165) is 10.1 Å². The maximum Gasteiger partial charge on any atom is 0.163 e. The number of halogens is 2. The number of rotatable bonds is 5. The quantitative estimate of drug-likeness (QED) is 0.550. The highest BCUT2D eigenvalue weighted by Crippen LogP contribution is 2.22. The fraction of sp³-hybridized carbons (Fsp3) is 0.267. The Morgan fingerprint density at radius 2 is 2.00 bits per heavy atom. The number of ketones is 1. The smallest absolute Gasteiger partial charge is 0.163 e. The van der Waals surface area contributed by atoms with E-state index in [1.165, 1.54) is 12.1 Å². The van der Waals surface area contributed by atoms with Gasteiger partial charge in [-0.3, -0.25) is 4.79 Å². The Kier molecular flexibility index (Phi) is 5.99. The van der Waals surface area contributed by atoms with Crippen LogP contribution in [0, 0.1) is 5.82 Å². The lowest BCUT2D eigenvalue weighted by Gasteiger charge is -2.05. The number of Topliss-reactive ketones (excluding diaryl/α,β-unsaturated/α-hetero) is 1. The molecule has 0 unspecified atom stereocenters. The van der Waals surface area contributed by atoms with Crippen molar-refractivity contribution in [3.63, 3.8) is 0 Å². The third-order valence-corrected chi connectivity index (χ3v) is 3.64. The molecule has 0 N–H and O–H groups in total. The molecule has 0 radical (unpaired) electrons. The molecule has 3 heteroatoms. The van der Waals surface area contributed by atoms with Crippen LogP contribution in [0.1, 0.15) is 37.0 Å². The Morgan fingerprint density at radius 3 is 2.56 bits per heavy atom. The average Bonchev–Trinajstić information content (AvgIpc) is 2.38. The third kappa shape index (κ3) is 4.22. The number of benzene rings is 1. The molecule has 0 aromatic heterocycles. The van der Waals surface area contributed by atoms with Crippen LogP contribution in [0.3, 0.4) is 0 Å². The fourth-order valence-electron chi connectivity index (χ4n) is 1.64. The molecule has 1 nitrogen and oxygen atoms in total. The molecule has 0 fully saturated rings. The topological polar surface area (TPSA) is 17.1 Å². The second-order valence-corrected chi connectivity index (χ2v) is 4.74. The molecule has 96 valence electrons. The average molecular weight is 311 g/mol. The van der Waals surface area contributed by atoms with Gasteiger partial charge in [0, 0.05) is 16.5 Å². The van der Waals surface area contributed by atoms with Crippen molar-refractivity contribution in [1.82, 2.24) is 0 Å². The molecule has 18 heavy (non-hydrogen) atoms. The highest BCUT2D eigenvalue weighted by molar-refractivity contribution is 9.12. The summed E-state index contributed by atoms with van der Waals surface area (Å²) in [4.78, 5) is 11.9. The van der Waals surface area contributed by atoms with Gasteiger partial charge in [0.05, 0.1) is 0 Å². The number of hydrogen-bond donors (Lipinski definition) is 0. The Labute approximate surface area is 116 Å². The van der Waals surface area contributed by atoms with Gasteiger partial charge in [-0.15, -0.1) is 0 Å². The Morgan fingerprint density at radius 1 is 1.28 bits per heavy atom. The van der Waals surface area contributed by atoms with Crippen molar-refractivity contribution in [3.05, 3.63) is 57.9 Å². The van der Waals surface area contributed by atoms with Crippen LogP contribution in [0.15, 0.2) is 46.5 Å². The van der Waals surface area contributed by atoms with E-state index in [1.54, 1.807) is 12.1 Å². The standard InChI is InChI=1S/C15H16BrFO/c1-3-11(14(16)4-2)8-9-15(18)12-6-5-7-13(17)10-12/h3-7,10H,8-9H2,1-2H3/b11-3-,14-4+. The largest absolute Gasteiger partial charge is 0.294 e. The molecule has 1 rings (SSSR count). The SMILES string of the molecule is C/C=C(CCC(=O)c1cccc(F)c1)\C(Br)=C/C. The Balaban J connectivity index is 2.67. The monoisotopic (exact) mass is 310 g/mol. The van der Waals surface area contributed by atoms with Gasteiger partial charge in [0.15, 0.2) is 5.78 Å². The van der Waals surface area contributed by atoms with Crippen molar-refractivity contribution in [1.29, 1.82) is 0 Å². The second-order valence-electron chi connectivity index (χ2n) is 3.88. The summed E-state index contributed by atoms with van der Waals surface area (Å²) in [7, 11) is 0. The Hall–Kier alpha value is -1.22. The molecule has 0 bridgehead atoms. The first kappa shape index (κ1) is 14.8. The zero-order valence-corrected chi connectivity index (χ0v) is 12.1. The molecule has 0 atom stereocenters. The van der Waals surface area contributed by atoms with Gasteiger partial charge in [-0.2, -0.15) is 0 Å². The minimum atomic E-state index is -0.373. The van der Waals surface area contributed by atoms with Crippen molar-refractivity contribution in [3.8, 4) is 0 Å². The lowest BCUT2D eigenvalue weighted by Crippen LogP contribution is -2.00. The summed E-state index contributed by atoms with van der Waals surface area (Å²) in [6.45, 7) is 3.87. The fourth-order valence-corrected chi connectivity index (χ4v) is 2.07. The van der Waals surface area contributed by atoms with Crippen LogP contribution >= 0.6 is 15.9 Å². The summed E-state index contributed by atoms with van der Waals surface area (Å²) in [5, 5.41) is 0. The number of allylic oxidation sites excluding steroid dienone is 4. The van der Waals surface area contributed by atoms with Crippen molar-refractivity contribution in [2.75, 3.05) is 0 Å². The minimum Gasteiger partial charge on any atom is -0.294 e. The summed E-state index contributed by atoms with van der Waals surface area (Å²) in [6.07, 6.45) is 4.95. The van der Waals surface area contributed by atoms with Gasteiger partial charge < -0.3 is 0 Å². The van der Waals surface area contributed by atoms with E-state index < -0.39 is 0 Å². The molecule has 0 aliphatic heterocycles. The van der Waals surface area contributed by atoms with E-state index in [2.05, 4.69) is 15.9 Å². The van der Waals surface area contributed by atoms with Gasteiger partial charge in [-0.1, -0.05) is 40.2 Å². The van der Waals surface area contributed by atoms with Crippen molar-refractivity contribution >= 4 is 21.7 Å². The molecule has 0 heterocycles. The van der Waals surface area contributed by atoms with Gasteiger partial charge in [0.25, 0.3) is 0 Å². The maximum absolute atomic E-state index is 13.0. The van der Waals surface area contributed by atoms with Crippen LogP contribution in [0.25, 0.3) is 0 Å². The van der Waals surface area contributed by atoms with E-state index in [4.69, 9.17) is 0 Å². The summed E-state index contributed by atoms with van der Waals surface area (Å²) in [6, 6.07) is 5.82. The van der Waals surface area contributed by atoms with E-state index >= 15 is 0 Å². The Bertz CT molecular complexity index is 489. The van der Waals surface area contributed by atoms with Crippen LogP contribution in [0.4, 0.5) is 4.39 Å². The van der Waals surface area contributed by atoms with E-state index in [1.807, 2.05) is 26.0 Å². The highest BCUT2D eigenvalue weighted by atomic mass is 79.9. The summed E-state index contributed by atoms with van der Waals surface area (Å²) in [5.74, 6) is -0.410. The second kappa shape index (κ2) is 7.27.